The van der Waals surface area contributed by atoms with Crippen LogP contribution in [0.3, 0.4) is 0 Å². The summed E-state index contributed by atoms with van der Waals surface area (Å²) in [6, 6.07) is 0. The van der Waals surface area contributed by atoms with Crippen molar-refractivity contribution in [3.05, 3.63) is 97.2 Å². The molecule has 0 saturated carbocycles. The number of esters is 4. The lowest BCUT2D eigenvalue weighted by Crippen LogP contribution is -2.30. The molecule has 5 atom stereocenters. The molecule has 3 N–H and O–H groups in total. The van der Waals surface area contributed by atoms with Gasteiger partial charge in [-0.3, -0.25) is 37.3 Å². The van der Waals surface area contributed by atoms with Gasteiger partial charge in [0.2, 0.25) is 0 Å². The third-order valence-corrected chi connectivity index (χ3v) is 19.5. The molecule has 0 rings (SSSR count). The van der Waals surface area contributed by atoms with Gasteiger partial charge >= 0.3 is 39.5 Å². The van der Waals surface area contributed by atoms with E-state index >= 15 is 0 Å². The van der Waals surface area contributed by atoms with Crippen molar-refractivity contribution in [1.82, 2.24) is 0 Å². The Hall–Kier alpha value is -4.02. The highest BCUT2D eigenvalue weighted by Crippen LogP contribution is 2.45. The molecule has 0 aliphatic heterocycles. The predicted octanol–water partition coefficient (Wildman–Crippen LogP) is 24.3. The van der Waals surface area contributed by atoms with E-state index in [-0.39, 0.29) is 25.7 Å². The predicted molar refractivity (Wildman–Crippen MR) is 427 cm³/mol. The van der Waals surface area contributed by atoms with Crippen molar-refractivity contribution < 1.29 is 80.2 Å². The fourth-order valence-corrected chi connectivity index (χ4v) is 12.8. The van der Waals surface area contributed by atoms with Crippen LogP contribution >= 0.6 is 15.6 Å². The van der Waals surface area contributed by atoms with Gasteiger partial charge in [-0.05, 0) is 109 Å². The minimum atomic E-state index is -4.99. The number of carbonyl (C=O) groups is 4. The van der Waals surface area contributed by atoms with Crippen LogP contribution in [0.15, 0.2) is 97.2 Å². The van der Waals surface area contributed by atoms with E-state index in [9.17, 15) is 43.2 Å². The number of aliphatic hydroxyl groups is 1. The van der Waals surface area contributed by atoms with Gasteiger partial charge in [0, 0.05) is 25.7 Å². The monoisotopic (exact) mass is 1510 g/mol. The summed E-state index contributed by atoms with van der Waals surface area (Å²) in [5.41, 5.74) is 0. The number of carbonyl (C=O) groups excluding carboxylic acids is 4. The molecule has 602 valence electrons. The lowest BCUT2D eigenvalue weighted by molar-refractivity contribution is -0.161. The first-order chi connectivity index (χ1) is 50.7. The fourth-order valence-electron chi connectivity index (χ4n) is 11.3. The number of rotatable bonds is 78. The molecule has 0 aromatic carbocycles. The highest BCUT2D eigenvalue weighted by atomic mass is 31.2. The highest BCUT2D eigenvalue weighted by Gasteiger charge is 2.30. The maximum atomic E-state index is 13.1. The summed E-state index contributed by atoms with van der Waals surface area (Å²) >= 11 is 0. The quantitative estimate of drug-likeness (QED) is 0.0169. The standard InChI is InChI=1S/C85H150O17P2/c1-5-9-13-17-21-25-29-32-35-37-39-41-44-47-51-54-58-62-66-70-83(88)96-76-81(102-85(90)72-68-64-60-56-52-48-45-42-40-38-36-33-30-26-22-18-14-10-6-2)78-100-104(93,94)98-74-79(86)73-97-103(91,92)99-77-80(101-84(89)71-67-63-59-55-49-28-24-20-16-12-8-4)75-95-82(87)69-65-61-57-53-50-46-43-34-31-27-23-19-15-11-7-3/h9,13,21-22,25-26,32-33,35-36,39-42,47,51,79-81,86H,5-8,10-12,14-20,23-24,27-31,34,37-38,43-46,48-50,52-78H2,1-4H3,(H,91,92)(H,93,94)/b13-9-,25-21-,26-22-,35-32-,36-33-,41-39-,42-40-,51-47-. The number of unbranched alkanes of at least 4 members (excludes halogenated alkanes) is 36. The zero-order valence-corrected chi connectivity index (χ0v) is 67.7. The van der Waals surface area contributed by atoms with Crippen molar-refractivity contribution in [2.24, 2.45) is 0 Å². The maximum Gasteiger partial charge on any atom is 0.472 e. The van der Waals surface area contributed by atoms with E-state index in [0.717, 1.165) is 154 Å². The molecule has 104 heavy (non-hydrogen) atoms. The molecular formula is C85H150O17P2. The van der Waals surface area contributed by atoms with Crippen LogP contribution in [0.4, 0.5) is 0 Å². The third-order valence-electron chi connectivity index (χ3n) is 17.6. The van der Waals surface area contributed by atoms with Crippen molar-refractivity contribution >= 4 is 39.5 Å². The summed E-state index contributed by atoms with van der Waals surface area (Å²) in [5.74, 6) is -2.20. The number of phosphoric acid groups is 2. The van der Waals surface area contributed by atoms with E-state index in [0.29, 0.717) is 25.7 Å². The van der Waals surface area contributed by atoms with Gasteiger partial charge in [-0.15, -0.1) is 0 Å². The van der Waals surface area contributed by atoms with E-state index in [4.69, 9.17) is 37.0 Å². The first-order valence-corrected chi connectivity index (χ1v) is 44.5. The largest absolute Gasteiger partial charge is 0.472 e. The van der Waals surface area contributed by atoms with Gasteiger partial charge in [0.1, 0.15) is 19.3 Å². The van der Waals surface area contributed by atoms with E-state index in [2.05, 4.69) is 125 Å². The molecule has 0 heterocycles. The molecule has 17 nitrogen and oxygen atoms in total. The Balaban J connectivity index is 5.36. The molecule has 0 aromatic rings. The van der Waals surface area contributed by atoms with Crippen molar-refractivity contribution in [3.8, 4) is 0 Å². The average molecular weight is 1510 g/mol. The second-order valence-corrected chi connectivity index (χ2v) is 30.6. The number of hydrogen-bond acceptors (Lipinski definition) is 15. The molecule has 0 aliphatic rings. The van der Waals surface area contributed by atoms with Crippen molar-refractivity contribution in [3.63, 3.8) is 0 Å². The summed E-state index contributed by atoms with van der Waals surface area (Å²) in [7, 11) is -9.96. The summed E-state index contributed by atoms with van der Waals surface area (Å²) in [4.78, 5) is 73.1. The summed E-state index contributed by atoms with van der Waals surface area (Å²) < 4.78 is 68.7. The minimum Gasteiger partial charge on any atom is -0.462 e. The molecule has 0 fully saturated rings. The molecule has 0 saturated heterocycles. The van der Waals surface area contributed by atoms with E-state index < -0.39 is 97.5 Å². The molecule has 0 aromatic heterocycles. The SMILES string of the molecule is CC/C=C\C/C=C\C/C=C\C/C=C\C/C=C\CCCCCC(=O)OCC(COP(=O)(O)OCC(O)COP(=O)(O)OCC(COC(=O)CCCCCCCCCCCCCCCCC)OC(=O)CCCCCCCCCCCCC)OC(=O)CCCCCCCC/C=C\C/C=C\C/C=C\CCCCC. The van der Waals surface area contributed by atoms with Crippen LogP contribution in [0.1, 0.15) is 362 Å². The molecule has 0 amide bonds. The van der Waals surface area contributed by atoms with Crippen molar-refractivity contribution in [2.45, 2.75) is 380 Å². The maximum absolute atomic E-state index is 13.1. The molecular weight excluding hydrogens is 1350 g/mol. The average Bonchev–Trinajstić information content (AvgIpc) is 0.928. The summed E-state index contributed by atoms with van der Waals surface area (Å²) in [5, 5.41) is 10.6. The van der Waals surface area contributed by atoms with Gasteiger partial charge in [-0.25, -0.2) is 9.13 Å². The number of allylic oxidation sites excluding steroid dienone is 16. The summed E-state index contributed by atoms with van der Waals surface area (Å²) in [6.45, 7) is 4.74. The third kappa shape index (κ3) is 76.2. The fraction of sp³-hybridized carbons (Fsp3) is 0.765. The molecule has 0 bridgehead atoms. The molecule has 0 radical (unpaired) electrons. The Morgan fingerprint density at radius 1 is 0.279 bits per heavy atom. The van der Waals surface area contributed by atoms with Crippen LogP contribution in [0, 0.1) is 0 Å². The molecule has 0 aliphatic carbocycles. The minimum absolute atomic E-state index is 0.0729. The smallest absolute Gasteiger partial charge is 0.462 e. The Morgan fingerprint density at radius 3 is 0.798 bits per heavy atom. The van der Waals surface area contributed by atoms with Crippen LogP contribution in [-0.4, -0.2) is 96.7 Å². The number of hydrogen-bond donors (Lipinski definition) is 3. The lowest BCUT2D eigenvalue weighted by atomic mass is 10.0. The molecule has 19 heteroatoms. The zero-order valence-electron chi connectivity index (χ0n) is 65.9. The topological polar surface area (TPSA) is 237 Å². The van der Waals surface area contributed by atoms with Crippen LogP contribution in [-0.2, 0) is 65.4 Å². The Morgan fingerprint density at radius 2 is 0.500 bits per heavy atom. The highest BCUT2D eigenvalue weighted by molar-refractivity contribution is 7.47. The van der Waals surface area contributed by atoms with E-state index in [1.165, 1.54) is 128 Å². The van der Waals surface area contributed by atoms with Crippen molar-refractivity contribution in [2.75, 3.05) is 39.6 Å². The Kier molecular flexibility index (Phi) is 74.2. The number of phosphoric ester groups is 2. The van der Waals surface area contributed by atoms with Gasteiger partial charge in [-0.1, -0.05) is 324 Å². The van der Waals surface area contributed by atoms with Crippen LogP contribution < -0.4 is 0 Å². The van der Waals surface area contributed by atoms with Crippen LogP contribution in [0.2, 0.25) is 0 Å². The van der Waals surface area contributed by atoms with Crippen molar-refractivity contribution in [1.29, 1.82) is 0 Å². The number of aliphatic hydroxyl groups excluding tert-OH is 1. The van der Waals surface area contributed by atoms with Gasteiger partial charge in [0.05, 0.1) is 26.4 Å². The van der Waals surface area contributed by atoms with Gasteiger partial charge in [0.15, 0.2) is 12.2 Å². The second kappa shape index (κ2) is 77.1. The first kappa shape index (κ1) is 100.0. The van der Waals surface area contributed by atoms with Crippen LogP contribution in [0.5, 0.6) is 0 Å². The Labute approximate surface area is 633 Å². The van der Waals surface area contributed by atoms with Gasteiger partial charge in [-0.2, -0.15) is 0 Å². The molecule has 0 spiro atoms. The summed E-state index contributed by atoms with van der Waals surface area (Å²) in [6.07, 6.45) is 82.3. The Bertz CT molecular complexity index is 2350. The lowest BCUT2D eigenvalue weighted by Gasteiger charge is -2.21. The van der Waals surface area contributed by atoms with Crippen LogP contribution in [0.25, 0.3) is 0 Å². The molecule has 5 unspecified atom stereocenters. The van der Waals surface area contributed by atoms with Gasteiger partial charge < -0.3 is 33.8 Å². The van der Waals surface area contributed by atoms with E-state index in [1.54, 1.807) is 0 Å². The second-order valence-electron chi connectivity index (χ2n) is 27.7. The van der Waals surface area contributed by atoms with Gasteiger partial charge in [0.25, 0.3) is 0 Å². The normalized spacial score (nSPS) is 14.3. The zero-order chi connectivity index (χ0) is 76.0. The number of ether oxygens (including phenoxy) is 4. The van der Waals surface area contributed by atoms with E-state index in [1.807, 2.05) is 0 Å². The first-order valence-electron chi connectivity index (χ1n) is 41.5.